The molecule has 2 heterocycles. The molecule has 6 nitrogen and oxygen atoms in total. The molecule has 0 spiro atoms. The van der Waals surface area contributed by atoms with Crippen LogP contribution >= 0.6 is 11.6 Å². The summed E-state index contributed by atoms with van der Waals surface area (Å²) < 4.78 is 6.85. The number of nitrogens with zero attached hydrogens (tertiary/aromatic N) is 4. The van der Waals surface area contributed by atoms with E-state index in [1.165, 1.54) is 0 Å². The van der Waals surface area contributed by atoms with Crippen molar-refractivity contribution in [3.8, 4) is 0 Å². The summed E-state index contributed by atoms with van der Waals surface area (Å²) in [5.41, 5.74) is 2.87. The molecule has 3 aromatic rings. The normalized spacial score (nSPS) is 11.3. The molecular formula is C18H17ClN4O2. The van der Waals surface area contributed by atoms with Crippen molar-refractivity contribution in [1.82, 2.24) is 9.38 Å². The predicted molar refractivity (Wildman–Crippen MR) is 95.9 cm³/mol. The van der Waals surface area contributed by atoms with Crippen LogP contribution in [0.1, 0.15) is 18.2 Å². The third-order valence-electron chi connectivity index (χ3n) is 3.57. The third kappa shape index (κ3) is 3.85. The van der Waals surface area contributed by atoms with Crippen LogP contribution < -0.4 is 0 Å². The van der Waals surface area contributed by atoms with E-state index >= 15 is 0 Å². The number of benzene rings is 1. The monoisotopic (exact) mass is 356 g/mol. The Balaban J connectivity index is 2.04. The summed E-state index contributed by atoms with van der Waals surface area (Å²) in [5, 5.41) is 9.13. The molecule has 0 fully saturated rings. The van der Waals surface area contributed by atoms with Crippen molar-refractivity contribution in [2.24, 2.45) is 10.2 Å². The van der Waals surface area contributed by atoms with Gasteiger partial charge in [0.2, 0.25) is 0 Å². The number of ether oxygens (including phenoxy) is 1. The minimum Gasteiger partial charge on any atom is -0.466 e. The topological polar surface area (TPSA) is 68.3 Å². The number of fused-ring (bicyclic) bond motifs is 1. The van der Waals surface area contributed by atoms with E-state index in [2.05, 4.69) is 15.2 Å². The number of carbonyl (C=O) groups excluding carboxylic acids is 1. The molecule has 0 saturated carbocycles. The zero-order chi connectivity index (χ0) is 17.8. The highest BCUT2D eigenvalue weighted by Gasteiger charge is 2.17. The van der Waals surface area contributed by atoms with E-state index in [1.807, 2.05) is 29.7 Å². The lowest BCUT2D eigenvalue weighted by Gasteiger charge is -2.01. The van der Waals surface area contributed by atoms with Crippen LogP contribution in [-0.2, 0) is 16.0 Å². The van der Waals surface area contributed by atoms with Gasteiger partial charge < -0.3 is 4.74 Å². The lowest BCUT2D eigenvalue weighted by Crippen LogP contribution is -2.07. The minimum atomic E-state index is -0.345. The molecule has 0 N–H and O–H groups in total. The van der Waals surface area contributed by atoms with Gasteiger partial charge in [-0.25, -0.2) is 4.98 Å². The Morgan fingerprint density at radius 3 is 2.88 bits per heavy atom. The number of imidazole rings is 1. The number of pyridine rings is 1. The highest BCUT2D eigenvalue weighted by Crippen LogP contribution is 2.27. The standard InChI is InChI=1S/C18H17ClN4O2/c1-3-25-16(24)11-15-18(22-21-14-8-4-7-13(19)10-14)23-9-5-6-12(2)17(23)20-15/h4-10H,3,11H2,1-2H3. The fraction of sp³-hybridized carbons (Fsp3) is 0.222. The molecule has 0 radical (unpaired) electrons. The number of carbonyl (C=O) groups is 1. The minimum absolute atomic E-state index is 0.0405. The van der Waals surface area contributed by atoms with Crippen molar-refractivity contribution in [3.05, 3.63) is 58.9 Å². The smallest absolute Gasteiger partial charge is 0.312 e. The van der Waals surface area contributed by atoms with Gasteiger partial charge in [0.05, 0.1) is 24.4 Å². The van der Waals surface area contributed by atoms with Crippen LogP contribution in [0.2, 0.25) is 5.02 Å². The third-order valence-corrected chi connectivity index (χ3v) is 3.81. The number of rotatable bonds is 5. The number of aromatic nitrogens is 2. The van der Waals surface area contributed by atoms with Crippen molar-refractivity contribution in [3.63, 3.8) is 0 Å². The average Bonchev–Trinajstić information content (AvgIpc) is 2.92. The highest BCUT2D eigenvalue weighted by molar-refractivity contribution is 6.30. The molecule has 0 unspecified atom stereocenters. The fourth-order valence-electron chi connectivity index (χ4n) is 2.46. The molecule has 0 bridgehead atoms. The molecular weight excluding hydrogens is 340 g/mol. The number of hydrogen-bond donors (Lipinski definition) is 0. The molecule has 3 rings (SSSR count). The fourth-order valence-corrected chi connectivity index (χ4v) is 2.64. The predicted octanol–water partition coefficient (Wildman–Crippen LogP) is 4.82. The molecule has 128 valence electrons. The van der Waals surface area contributed by atoms with Crippen LogP contribution in [-0.4, -0.2) is 22.0 Å². The maximum atomic E-state index is 11.9. The van der Waals surface area contributed by atoms with Crippen molar-refractivity contribution in [2.45, 2.75) is 20.3 Å². The first-order chi connectivity index (χ1) is 12.1. The number of aryl methyl sites for hydroxylation is 1. The Kier molecular flexibility index (Phi) is 5.09. The Labute approximate surface area is 150 Å². The molecule has 25 heavy (non-hydrogen) atoms. The molecule has 0 aliphatic rings. The van der Waals surface area contributed by atoms with E-state index < -0.39 is 0 Å². The van der Waals surface area contributed by atoms with Crippen molar-refractivity contribution < 1.29 is 9.53 Å². The van der Waals surface area contributed by atoms with E-state index in [9.17, 15) is 4.79 Å². The largest absolute Gasteiger partial charge is 0.466 e. The second-order valence-electron chi connectivity index (χ2n) is 5.43. The Hall–Kier alpha value is -2.73. The van der Waals surface area contributed by atoms with E-state index in [0.717, 1.165) is 11.2 Å². The summed E-state index contributed by atoms with van der Waals surface area (Å²) in [6.07, 6.45) is 1.88. The Morgan fingerprint density at radius 2 is 2.12 bits per heavy atom. The quantitative estimate of drug-likeness (QED) is 0.486. The maximum absolute atomic E-state index is 11.9. The summed E-state index contributed by atoms with van der Waals surface area (Å²) in [6, 6.07) is 10.9. The van der Waals surface area contributed by atoms with Gasteiger partial charge >= 0.3 is 5.97 Å². The first-order valence-electron chi connectivity index (χ1n) is 7.88. The Morgan fingerprint density at radius 1 is 1.28 bits per heavy atom. The van der Waals surface area contributed by atoms with Gasteiger partial charge in [-0.05, 0) is 43.7 Å². The SMILES string of the molecule is CCOC(=O)Cc1nc2c(C)cccn2c1N=Nc1cccc(Cl)c1. The number of halogens is 1. The van der Waals surface area contributed by atoms with Gasteiger partial charge in [0.15, 0.2) is 5.82 Å². The zero-order valence-corrected chi connectivity index (χ0v) is 14.7. The number of esters is 1. The molecule has 7 heteroatoms. The number of azo groups is 1. The van der Waals surface area contributed by atoms with Crippen LogP contribution in [0.3, 0.4) is 0 Å². The van der Waals surface area contributed by atoms with Crippen LogP contribution in [0.4, 0.5) is 11.5 Å². The van der Waals surface area contributed by atoms with Crippen LogP contribution in [0.15, 0.2) is 52.8 Å². The second kappa shape index (κ2) is 7.44. The summed E-state index contributed by atoms with van der Waals surface area (Å²) in [7, 11) is 0. The maximum Gasteiger partial charge on any atom is 0.312 e. The summed E-state index contributed by atoms with van der Waals surface area (Å²) in [6.45, 7) is 4.05. The molecule has 0 saturated heterocycles. The average molecular weight is 357 g/mol. The molecule has 0 aliphatic carbocycles. The summed E-state index contributed by atoms with van der Waals surface area (Å²) >= 11 is 5.98. The van der Waals surface area contributed by atoms with Gasteiger partial charge in [0.25, 0.3) is 0 Å². The highest BCUT2D eigenvalue weighted by atomic mass is 35.5. The van der Waals surface area contributed by atoms with Crippen LogP contribution in [0.25, 0.3) is 5.65 Å². The van der Waals surface area contributed by atoms with Gasteiger partial charge in [-0.1, -0.05) is 23.7 Å². The van der Waals surface area contributed by atoms with Crippen molar-refractivity contribution in [1.29, 1.82) is 0 Å². The first-order valence-corrected chi connectivity index (χ1v) is 8.25. The van der Waals surface area contributed by atoms with E-state index in [-0.39, 0.29) is 12.4 Å². The number of hydrogen-bond acceptors (Lipinski definition) is 5. The van der Waals surface area contributed by atoms with Gasteiger partial charge in [-0.15, -0.1) is 10.2 Å². The van der Waals surface area contributed by atoms with Gasteiger partial charge in [0, 0.05) is 11.2 Å². The van der Waals surface area contributed by atoms with Gasteiger partial charge in [0.1, 0.15) is 5.65 Å². The van der Waals surface area contributed by atoms with Crippen LogP contribution in [0, 0.1) is 6.92 Å². The zero-order valence-electron chi connectivity index (χ0n) is 13.9. The Bertz CT molecular complexity index is 949. The van der Waals surface area contributed by atoms with E-state index in [4.69, 9.17) is 16.3 Å². The van der Waals surface area contributed by atoms with Crippen molar-refractivity contribution >= 4 is 34.7 Å². The van der Waals surface area contributed by atoms with Crippen LogP contribution in [0.5, 0.6) is 0 Å². The van der Waals surface area contributed by atoms with Gasteiger partial charge in [-0.2, -0.15) is 0 Å². The first kappa shape index (κ1) is 17.1. The summed E-state index contributed by atoms with van der Waals surface area (Å²) in [4.78, 5) is 16.4. The van der Waals surface area contributed by atoms with E-state index in [1.54, 1.807) is 31.2 Å². The molecule has 0 aliphatic heterocycles. The molecule has 0 amide bonds. The van der Waals surface area contributed by atoms with Gasteiger partial charge in [-0.3, -0.25) is 9.20 Å². The molecule has 0 atom stereocenters. The summed E-state index contributed by atoms with van der Waals surface area (Å²) in [5.74, 6) is 0.162. The molecule has 2 aromatic heterocycles. The molecule has 1 aromatic carbocycles. The van der Waals surface area contributed by atoms with Crippen molar-refractivity contribution in [2.75, 3.05) is 6.61 Å². The lowest BCUT2D eigenvalue weighted by molar-refractivity contribution is -0.142. The van der Waals surface area contributed by atoms with E-state index in [0.29, 0.717) is 28.8 Å². The second-order valence-corrected chi connectivity index (χ2v) is 5.87. The lowest BCUT2D eigenvalue weighted by atomic mass is 10.3.